The smallest absolute Gasteiger partial charge is 0.164 e. The van der Waals surface area contributed by atoms with E-state index in [0.717, 1.165) is 71.6 Å². The number of aryl methyl sites for hydroxylation is 1. The minimum atomic E-state index is -0.0104. The second-order valence-electron chi connectivity index (χ2n) is 15.4. The molecule has 2 unspecified atom stereocenters. The van der Waals surface area contributed by atoms with E-state index in [1.54, 1.807) is 0 Å². The highest BCUT2D eigenvalue weighted by molar-refractivity contribution is 8.00. The van der Waals surface area contributed by atoms with Crippen molar-refractivity contribution in [3.8, 4) is 22.5 Å². The van der Waals surface area contributed by atoms with E-state index in [0.29, 0.717) is 11.1 Å². The molecule has 3 aliphatic carbocycles. The summed E-state index contributed by atoms with van der Waals surface area (Å²) in [5, 5.41) is 4.19. The number of para-hydroxylation sites is 1. The first-order chi connectivity index (χ1) is 28.1. The van der Waals surface area contributed by atoms with Crippen LogP contribution in [0, 0.1) is 0 Å². The van der Waals surface area contributed by atoms with Gasteiger partial charge in [-0.3, -0.25) is 0 Å². The van der Waals surface area contributed by atoms with E-state index in [2.05, 4.69) is 135 Å². The van der Waals surface area contributed by atoms with Crippen LogP contribution in [0.2, 0.25) is 0 Å². The molecule has 3 heterocycles. The third-order valence-electron chi connectivity index (χ3n) is 12.2. The Bertz CT molecular complexity index is 2940. The van der Waals surface area contributed by atoms with E-state index in [4.69, 9.17) is 19.4 Å². The molecule has 0 radical (unpaired) electrons. The van der Waals surface area contributed by atoms with Crippen LogP contribution in [-0.4, -0.2) is 20.2 Å². The summed E-state index contributed by atoms with van der Waals surface area (Å²) in [5.41, 5.74) is 15.0. The number of allylic oxidation sites excluding steroid dienone is 6. The fourth-order valence-corrected chi connectivity index (χ4v) is 10.8. The second-order valence-corrected chi connectivity index (χ2v) is 16.7. The lowest BCUT2D eigenvalue weighted by molar-refractivity contribution is 0.589. The zero-order chi connectivity index (χ0) is 38.0. The van der Waals surface area contributed by atoms with Crippen molar-refractivity contribution in [2.45, 2.75) is 62.0 Å². The van der Waals surface area contributed by atoms with Gasteiger partial charge in [0.25, 0.3) is 0 Å². The van der Waals surface area contributed by atoms with Crippen molar-refractivity contribution >= 4 is 62.9 Å². The maximum absolute atomic E-state index is 6.21. The van der Waals surface area contributed by atoms with Gasteiger partial charge in [-0.25, -0.2) is 15.0 Å². The van der Waals surface area contributed by atoms with Crippen LogP contribution in [-0.2, 0) is 19.3 Å². The number of aromatic nitrogens is 3. The van der Waals surface area contributed by atoms with Gasteiger partial charge in [-0.05, 0) is 125 Å². The van der Waals surface area contributed by atoms with E-state index < -0.39 is 0 Å². The molecule has 2 atom stereocenters. The highest BCUT2D eigenvalue weighted by Gasteiger charge is 2.34. The van der Waals surface area contributed by atoms with Crippen molar-refractivity contribution in [3.05, 3.63) is 172 Å². The Morgan fingerprint density at radius 3 is 2.51 bits per heavy atom. The predicted octanol–water partition coefficient (Wildman–Crippen LogP) is 13.4. The molecule has 0 bridgehead atoms. The van der Waals surface area contributed by atoms with E-state index in [1.165, 1.54) is 65.7 Å². The van der Waals surface area contributed by atoms with Crippen LogP contribution in [0.4, 0.5) is 0 Å². The largest absolute Gasteiger partial charge is 0.456 e. The van der Waals surface area contributed by atoms with Gasteiger partial charge in [0.05, 0.1) is 0 Å². The molecular formula is C52H41N3OS. The first-order valence-corrected chi connectivity index (χ1v) is 21.2. The standard InChI is InChI=1S/C52H41N3OS/c1-3-13-36-35(4-2)37-16-8-9-17-38(37)39-25-22-32(28-42(36)39)33-24-27-47-44(29-33)49-41(19-12-21-48(49)57-47)52-54-50(31-14-6-5-7-15-31)53-51(55-52)34-23-26-46-43(30-34)40-18-10-11-20-45(40)56-46/h3,5-8,10-16,18-20,22-29,34,48H,4,9,17,21,30H2,1-2H3/b13-3-. The van der Waals surface area contributed by atoms with Gasteiger partial charge in [0, 0.05) is 38.1 Å². The average molecular weight is 756 g/mol. The summed E-state index contributed by atoms with van der Waals surface area (Å²) in [6.07, 6.45) is 23.0. The molecule has 57 heavy (non-hydrogen) atoms. The molecule has 0 saturated heterocycles. The summed E-state index contributed by atoms with van der Waals surface area (Å²) < 4.78 is 6.21. The van der Waals surface area contributed by atoms with Crippen molar-refractivity contribution in [2.24, 2.45) is 0 Å². The summed E-state index contributed by atoms with van der Waals surface area (Å²) in [5.74, 6) is 3.13. The SMILES string of the molecule is C/C=C\c1c(CC)c2c(c3ccc(-c4ccc5c(c4)C4=C(c6nc(-c7ccccc7)nc(C7C=Cc8oc9ccccc9c8C7)n6)C=CCC4S5)cc13)CCC=C2. The molecule has 0 fully saturated rings. The molecule has 5 aromatic carbocycles. The van der Waals surface area contributed by atoms with Crippen LogP contribution in [0.15, 0.2) is 131 Å². The van der Waals surface area contributed by atoms with Gasteiger partial charge < -0.3 is 4.42 Å². The molecule has 4 aliphatic rings. The van der Waals surface area contributed by atoms with Crippen molar-refractivity contribution < 1.29 is 4.42 Å². The van der Waals surface area contributed by atoms with Crippen LogP contribution in [0.3, 0.4) is 0 Å². The third-order valence-corrected chi connectivity index (χ3v) is 13.5. The van der Waals surface area contributed by atoms with E-state index in [-0.39, 0.29) is 5.92 Å². The number of benzene rings is 5. The minimum absolute atomic E-state index is 0.0104. The van der Waals surface area contributed by atoms with Gasteiger partial charge in [0.2, 0.25) is 0 Å². The molecule has 0 saturated carbocycles. The topological polar surface area (TPSA) is 51.8 Å². The minimum Gasteiger partial charge on any atom is -0.456 e. The summed E-state index contributed by atoms with van der Waals surface area (Å²) in [6.45, 7) is 4.42. The molecule has 0 N–H and O–H groups in total. The summed E-state index contributed by atoms with van der Waals surface area (Å²) >= 11 is 1.96. The third kappa shape index (κ3) is 5.70. The first-order valence-electron chi connectivity index (χ1n) is 20.3. The summed E-state index contributed by atoms with van der Waals surface area (Å²) in [6, 6.07) is 32.8. The number of furan rings is 1. The monoisotopic (exact) mass is 755 g/mol. The lowest BCUT2D eigenvalue weighted by Crippen LogP contribution is -2.14. The zero-order valence-corrected chi connectivity index (χ0v) is 32.9. The number of thioether (sulfide) groups is 1. The Balaban J connectivity index is 1.04. The number of rotatable bonds is 6. The van der Waals surface area contributed by atoms with E-state index in [9.17, 15) is 0 Å². The Morgan fingerprint density at radius 1 is 0.772 bits per heavy atom. The van der Waals surface area contributed by atoms with Crippen LogP contribution in [0.5, 0.6) is 0 Å². The molecule has 4 nitrogen and oxygen atoms in total. The molecule has 0 spiro atoms. The molecule has 1 aliphatic heterocycles. The fourth-order valence-electron chi connectivity index (χ4n) is 9.50. The van der Waals surface area contributed by atoms with Crippen molar-refractivity contribution in [1.82, 2.24) is 15.0 Å². The van der Waals surface area contributed by atoms with Gasteiger partial charge in [0.1, 0.15) is 17.2 Å². The molecule has 7 aromatic rings. The number of nitrogens with zero attached hydrogens (tertiary/aromatic N) is 3. The van der Waals surface area contributed by atoms with Crippen LogP contribution >= 0.6 is 11.8 Å². The maximum atomic E-state index is 6.21. The van der Waals surface area contributed by atoms with Gasteiger partial charge in [-0.2, -0.15) is 0 Å². The van der Waals surface area contributed by atoms with Crippen LogP contribution in [0.1, 0.15) is 83.4 Å². The van der Waals surface area contributed by atoms with Gasteiger partial charge >= 0.3 is 0 Å². The van der Waals surface area contributed by atoms with Gasteiger partial charge in [-0.15, -0.1) is 11.8 Å². The Kier molecular flexibility index (Phi) is 8.32. The van der Waals surface area contributed by atoms with Gasteiger partial charge in [-0.1, -0.05) is 116 Å². The average Bonchev–Trinajstić information content (AvgIpc) is 3.84. The van der Waals surface area contributed by atoms with Crippen LogP contribution < -0.4 is 0 Å². The lowest BCUT2D eigenvalue weighted by atomic mass is 9.82. The Labute approximate surface area is 337 Å². The molecule has 2 aromatic heterocycles. The van der Waals surface area contributed by atoms with Crippen LogP contribution in [0.25, 0.3) is 73.6 Å². The molecule has 11 rings (SSSR count). The normalized spacial score (nSPS) is 18.1. The predicted molar refractivity (Wildman–Crippen MR) is 238 cm³/mol. The highest BCUT2D eigenvalue weighted by atomic mass is 32.2. The number of hydrogen-bond donors (Lipinski definition) is 0. The molecular weight excluding hydrogens is 715 g/mol. The molecule has 276 valence electrons. The quantitative estimate of drug-likeness (QED) is 0.169. The van der Waals surface area contributed by atoms with Crippen molar-refractivity contribution in [2.75, 3.05) is 0 Å². The lowest BCUT2D eigenvalue weighted by Gasteiger charge is -2.22. The van der Waals surface area contributed by atoms with Gasteiger partial charge in [0.15, 0.2) is 11.6 Å². The maximum Gasteiger partial charge on any atom is 0.164 e. The molecule has 5 heteroatoms. The van der Waals surface area contributed by atoms with E-state index in [1.807, 2.05) is 30.0 Å². The zero-order valence-electron chi connectivity index (χ0n) is 32.1. The number of hydrogen-bond acceptors (Lipinski definition) is 5. The first kappa shape index (κ1) is 34.2. The molecule has 0 amide bonds. The second kappa shape index (κ2) is 13.9. The fraction of sp³-hybridized carbons (Fsp3) is 0.173. The number of fused-ring (bicyclic) bond motifs is 9. The Morgan fingerprint density at radius 2 is 1.61 bits per heavy atom. The van der Waals surface area contributed by atoms with Crippen molar-refractivity contribution in [3.63, 3.8) is 0 Å². The summed E-state index contributed by atoms with van der Waals surface area (Å²) in [4.78, 5) is 17.1. The highest BCUT2D eigenvalue weighted by Crippen LogP contribution is 2.52. The van der Waals surface area contributed by atoms with E-state index >= 15 is 0 Å². The summed E-state index contributed by atoms with van der Waals surface area (Å²) in [7, 11) is 0. The van der Waals surface area contributed by atoms with Crippen molar-refractivity contribution in [1.29, 1.82) is 0 Å². The Hall–Kier alpha value is -6.04.